The number of nitrogens with one attached hydrogen (secondary N) is 1. The summed E-state index contributed by atoms with van der Waals surface area (Å²) in [6.07, 6.45) is 0. The molecule has 0 radical (unpaired) electrons. The topological polar surface area (TPSA) is 93.4 Å². The van der Waals surface area contributed by atoms with E-state index in [1.54, 1.807) is 27.0 Å². The van der Waals surface area contributed by atoms with Crippen molar-refractivity contribution in [3.05, 3.63) is 29.3 Å². The van der Waals surface area contributed by atoms with E-state index in [0.717, 1.165) is 0 Å². The van der Waals surface area contributed by atoms with Gasteiger partial charge in [-0.1, -0.05) is 0 Å². The summed E-state index contributed by atoms with van der Waals surface area (Å²) in [5.41, 5.74) is 1.30. The number of anilines is 1. The van der Waals surface area contributed by atoms with Crippen LogP contribution in [0.25, 0.3) is 0 Å². The highest BCUT2D eigenvalue weighted by Gasteiger charge is 2.13. The molecule has 1 unspecified atom stereocenters. The van der Waals surface area contributed by atoms with Crippen LogP contribution in [0.2, 0.25) is 0 Å². The lowest BCUT2D eigenvalue weighted by atomic mass is 10.1. The Balaban J connectivity index is 2.74. The Bertz CT molecular complexity index is 563. The number of nitriles is 1. The van der Waals surface area contributed by atoms with Gasteiger partial charge in [0.2, 0.25) is 0 Å². The van der Waals surface area contributed by atoms with E-state index in [4.69, 9.17) is 10.4 Å². The van der Waals surface area contributed by atoms with Gasteiger partial charge >= 0.3 is 12.0 Å². The SMILES string of the molecule is Cc1cc(NC(=O)N(C)CC(C)C#N)ccc1C(=O)O. The molecule has 0 aliphatic heterocycles. The first-order chi connectivity index (χ1) is 9.35. The van der Waals surface area contributed by atoms with Crippen molar-refractivity contribution in [1.29, 1.82) is 5.26 Å². The molecular weight excluding hydrogens is 258 g/mol. The number of carboxylic acid groups (broad SMARTS) is 1. The lowest BCUT2D eigenvalue weighted by molar-refractivity contribution is 0.0696. The van der Waals surface area contributed by atoms with Crippen LogP contribution in [-0.2, 0) is 0 Å². The fourth-order valence-electron chi connectivity index (χ4n) is 1.73. The smallest absolute Gasteiger partial charge is 0.335 e. The maximum Gasteiger partial charge on any atom is 0.335 e. The van der Waals surface area contributed by atoms with Gasteiger partial charge in [0.25, 0.3) is 0 Å². The number of carbonyl (C=O) groups excluding carboxylic acids is 1. The van der Waals surface area contributed by atoms with Crippen LogP contribution in [0.3, 0.4) is 0 Å². The zero-order chi connectivity index (χ0) is 15.3. The molecule has 0 fully saturated rings. The minimum atomic E-state index is -1.000. The summed E-state index contributed by atoms with van der Waals surface area (Å²) in [7, 11) is 1.60. The molecular formula is C14H17N3O3. The molecule has 0 aliphatic rings. The third kappa shape index (κ3) is 3.99. The predicted molar refractivity (Wildman–Crippen MR) is 74.6 cm³/mol. The van der Waals surface area contributed by atoms with Gasteiger partial charge in [-0.3, -0.25) is 0 Å². The molecule has 1 aromatic rings. The van der Waals surface area contributed by atoms with Gasteiger partial charge in [0, 0.05) is 19.3 Å². The number of aromatic carboxylic acids is 1. The molecule has 6 heteroatoms. The molecule has 0 heterocycles. The molecule has 20 heavy (non-hydrogen) atoms. The van der Waals surface area contributed by atoms with Crippen LogP contribution in [0.15, 0.2) is 18.2 Å². The number of amides is 2. The summed E-state index contributed by atoms with van der Waals surface area (Å²) in [6, 6.07) is 6.31. The van der Waals surface area contributed by atoms with E-state index < -0.39 is 5.97 Å². The Morgan fingerprint density at radius 3 is 2.65 bits per heavy atom. The summed E-state index contributed by atoms with van der Waals surface area (Å²) in [5.74, 6) is -1.25. The Morgan fingerprint density at radius 1 is 1.50 bits per heavy atom. The van der Waals surface area contributed by atoms with Crippen molar-refractivity contribution in [1.82, 2.24) is 4.90 Å². The van der Waals surface area contributed by atoms with E-state index in [-0.39, 0.29) is 17.5 Å². The molecule has 2 amide bonds. The molecule has 0 saturated carbocycles. The second-order valence-corrected chi connectivity index (χ2v) is 4.68. The highest BCUT2D eigenvalue weighted by atomic mass is 16.4. The third-order valence-corrected chi connectivity index (χ3v) is 2.82. The second-order valence-electron chi connectivity index (χ2n) is 4.68. The summed E-state index contributed by atoms with van der Waals surface area (Å²) in [6.45, 7) is 3.73. The second kappa shape index (κ2) is 6.57. The van der Waals surface area contributed by atoms with Crippen molar-refractivity contribution in [2.45, 2.75) is 13.8 Å². The van der Waals surface area contributed by atoms with Gasteiger partial charge in [0.05, 0.1) is 17.6 Å². The molecule has 1 aromatic carbocycles. The minimum Gasteiger partial charge on any atom is -0.478 e. The average Bonchev–Trinajstić information content (AvgIpc) is 2.37. The largest absolute Gasteiger partial charge is 0.478 e. The summed E-state index contributed by atoms with van der Waals surface area (Å²) < 4.78 is 0. The van der Waals surface area contributed by atoms with Crippen LogP contribution in [0.5, 0.6) is 0 Å². The summed E-state index contributed by atoms with van der Waals surface area (Å²) in [5, 5.41) is 20.3. The predicted octanol–water partition coefficient (Wildman–Crippen LogP) is 2.32. The van der Waals surface area contributed by atoms with Crippen molar-refractivity contribution in [3.8, 4) is 6.07 Å². The van der Waals surface area contributed by atoms with E-state index >= 15 is 0 Å². The van der Waals surface area contributed by atoms with Crippen molar-refractivity contribution < 1.29 is 14.7 Å². The van der Waals surface area contributed by atoms with Crippen LogP contribution in [0.4, 0.5) is 10.5 Å². The molecule has 0 spiro atoms. The standard InChI is InChI=1S/C14H17N3O3/c1-9(7-15)8-17(3)14(20)16-11-4-5-12(13(18)19)10(2)6-11/h4-6,9H,8H2,1-3H3,(H,16,20)(H,18,19). The molecule has 2 N–H and O–H groups in total. The molecule has 0 saturated heterocycles. The molecule has 6 nitrogen and oxygen atoms in total. The van der Waals surface area contributed by atoms with Crippen LogP contribution in [0, 0.1) is 24.2 Å². The van der Waals surface area contributed by atoms with Crippen molar-refractivity contribution >= 4 is 17.7 Å². The summed E-state index contributed by atoms with van der Waals surface area (Å²) >= 11 is 0. The van der Waals surface area contributed by atoms with Gasteiger partial charge < -0.3 is 15.3 Å². The highest BCUT2D eigenvalue weighted by Crippen LogP contribution is 2.15. The number of rotatable bonds is 4. The first-order valence-electron chi connectivity index (χ1n) is 6.10. The summed E-state index contributed by atoms with van der Waals surface area (Å²) in [4.78, 5) is 24.2. The average molecular weight is 275 g/mol. The van der Waals surface area contributed by atoms with Gasteiger partial charge in [0.15, 0.2) is 0 Å². The van der Waals surface area contributed by atoms with Crippen LogP contribution >= 0.6 is 0 Å². The van der Waals surface area contributed by atoms with Crippen molar-refractivity contribution in [3.63, 3.8) is 0 Å². The fourth-order valence-corrected chi connectivity index (χ4v) is 1.73. The van der Waals surface area contributed by atoms with E-state index in [1.807, 2.05) is 0 Å². The number of hydrogen-bond donors (Lipinski definition) is 2. The Kier molecular flexibility index (Phi) is 5.09. The van der Waals surface area contributed by atoms with Crippen LogP contribution in [0.1, 0.15) is 22.8 Å². The first kappa shape index (κ1) is 15.5. The van der Waals surface area contributed by atoms with E-state index in [2.05, 4.69) is 11.4 Å². The van der Waals surface area contributed by atoms with E-state index in [0.29, 0.717) is 17.8 Å². The number of urea groups is 1. The maximum atomic E-state index is 11.9. The van der Waals surface area contributed by atoms with Crippen LogP contribution < -0.4 is 5.32 Å². The van der Waals surface area contributed by atoms with Crippen LogP contribution in [-0.4, -0.2) is 35.6 Å². The van der Waals surface area contributed by atoms with Crippen molar-refractivity contribution in [2.75, 3.05) is 18.9 Å². The van der Waals surface area contributed by atoms with Gasteiger partial charge in [-0.2, -0.15) is 5.26 Å². The third-order valence-electron chi connectivity index (χ3n) is 2.82. The Morgan fingerprint density at radius 2 is 2.15 bits per heavy atom. The molecule has 1 rings (SSSR count). The van der Waals surface area contributed by atoms with Crippen molar-refractivity contribution in [2.24, 2.45) is 5.92 Å². The van der Waals surface area contributed by atoms with Gasteiger partial charge in [-0.05, 0) is 37.6 Å². The number of nitrogens with zero attached hydrogens (tertiary/aromatic N) is 2. The fraction of sp³-hybridized carbons (Fsp3) is 0.357. The van der Waals surface area contributed by atoms with E-state index in [1.165, 1.54) is 17.0 Å². The number of benzene rings is 1. The zero-order valence-corrected chi connectivity index (χ0v) is 11.7. The molecule has 1 atom stereocenters. The van der Waals surface area contributed by atoms with Gasteiger partial charge in [-0.15, -0.1) is 0 Å². The molecule has 0 aliphatic carbocycles. The van der Waals surface area contributed by atoms with Gasteiger partial charge in [-0.25, -0.2) is 9.59 Å². The number of carboxylic acids is 1. The maximum absolute atomic E-state index is 11.9. The lowest BCUT2D eigenvalue weighted by Crippen LogP contribution is -2.34. The lowest BCUT2D eigenvalue weighted by Gasteiger charge is -2.19. The van der Waals surface area contributed by atoms with Gasteiger partial charge in [0.1, 0.15) is 0 Å². The monoisotopic (exact) mass is 275 g/mol. The molecule has 0 aromatic heterocycles. The number of carbonyl (C=O) groups is 2. The normalized spacial score (nSPS) is 11.3. The quantitative estimate of drug-likeness (QED) is 0.881. The zero-order valence-electron chi connectivity index (χ0n) is 11.7. The minimum absolute atomic E-state index is 0.203. The first-order valence-corrected chi connectivity index (χ1v) is 6.10. The van der Waals surface area contributed by atoms with E-state index in [9.17, 15) is 9.59 Å². The highest BCUT2D eigenvalue weighted by molar-refractivity contribution is 5.92. The molecule has 0 bridgehead atoms. The Labute approximate surface area is 117 Å². The Hall–Kier alpha value is -2.55. The molecule has 106 valence electrons. The number of aryl methyl sites for hydroxylation is 1. The number of hydrogen-bond acceptors (Lipinski definition) is 3.